The Balaban J connectivity index is 2.29. The van der Waals surface area contributed by atoms with Crippen LogP contribution in [0.15, 0.2) is 28.0 Å². The van der Waals surface area contributed by atoms with Gasteiger partial charge in [-0.25, -0.2) is 0 Å². The van der Waals surface area contributed by atoms with Crippen LogP contribution in [0.4, 0.5) is 0 Å². The number of aromatic nitrogens is 3. The van der Waals surface area contributed by atoms with E-state index >= 15 is 0 Å². The molecule has 0 spiro atoms. The molecular weight excluding hydrogens is 306 g/mol. The van der Waals surface area contributed by atoms with Crippen molar-refractivity contribution in [3.05, 3.63) is 18.4 Å². The fourth-order valence-corrected chi connectivity index (χ4v) is 2.74. The van der Waals surface area contributed by atoms with Crippen LogP contribution in [0.1, 0.15) is 13.3 Å². The molecule has 22 heavy (non-hydrogen) atoms. The standard InChI is InChI=1S/C13H17N5O3S/c1-8(12(20)15-2)22-13-17-16-11(9-4-3-7-21-9)18(13)6-5-10(14)19/h3-4,7-8H,5-6H2,1-2H3,(H2,14,19)(H,15,20). The molecule has 0 aliphatic rings. The highest BCUT2D eigenvalue weighted by Gasteiger charge is 2.21. The second kappa shape index (κ2) is 7.12. The molecule has 3 N–H and O–H groups in total. The molecule has 2 aromatic heterocycles. The molecule has 0 saturated heterocycles. The normalized spacial score (nSPS) is 12.1. The smallest absolute Gasteiger partial charge is 0.233 e. The Morgan fingerprint density at radius 3 is 2.86 bits per heavy atom. The Morgan fingerprint density at radius 1 is 1.50 bits per heavy atom. The predicted octanol–water partition coefficient (Wildman–Crippen LogP) is 0.640. The zero-order chi connectivity index (χ0) is 16.1. The second-order valence-corrected chi connectivity index (χ2v) is 5.83. The number of hydrogen-bond donors (Lipinski definition) is 2. The number of rotatable bonds is 7. The molecule has 0 radical (unpaired) electrons. The van der Waals surface area contributed by atoms with Gasteiger partial charge in [0.25, 0.3) is 0 Å². The monoisotopic (exact) mass is 323 g/mol. The van der Waals surface area contributed by atoms with Gasteiger partial charge in [0, 0.05) is 20.0 Å². The number of amides is 2. The van der Waals surface area contributed by atoms with Crippen LogP contribution in [0, 0.1) is 0 Å². The molecule has 0 aliphatic heterocycles. The van der Waals surface area contributed by atoms with Gasteiger partial charge in [0.05, 0.1) is 11.5 Å². The topological polar surface area (TPSA) is 116 Å². The van der Waals surface area contributed by atoms with Crippen molar-refractivity contribution in [1.82, 2.24) is 20.1 Å². The van der Waals surface area contributed by atoms with Gasteiger partial charge < -0.3 is 15.5 Å². The Hall–Kier alpha value is -2.29. The summed E-state index contributed by atoms with van der Waals surface area (Å²) in [6.45, 7) is 2.09. The van der Waals surface area contributed by atoms with E-state index in [0.29, 0.717) is 23.3 Å². The average molecular weight is 323 g/mol. The molecule has 118 valence electrons. The summed E-state index contributed by atoms with van der Waals surface area (Å²) < 4.78 is 7.06. The Bertz CT molecular complexity index is 653. The van der Waals surface area contributed by atoms with Crippen molar-refractivity contribution in [2.24, 2.45) is 5.73 Å². The lowest BCUT2D eigenvalue weighted by Crippen LogP contribution is -2.27. The third-order valence-corrected chi connectivity index (χ3v) is 4.02. The summed E-state index contributed by atoms with van der Waals surface area (Å²) in [6, 6.07) is 3.49. The van der Waals surface area contributed by atoms with Crippen LogP contribution in [0.25, 0.3) is 11.6 Å². The first-order valence-electron chi connectivity index (χ1n) is 6.66. The van der Waals surface area contributed by atoms with E-state index in [-0.39, 0.29) is 17.6 Å². The molecule has 0 saturated carbocycles. The largest absolute Gasteiger partial charge is 0.461 e. The van der Waals surface area contributed by atoms with Crippen molar-refractivity contribution in [2.75, 3.05) is 7.05 Å². The van der Waals surface area contributed by atoms with Gasteiger partial charge in [0.1, 0.15) is 0 Å². The molecule has 1 atom stereocenters. The van der Waals surface area contributed by atoms with E-state index in [1.807, 2.05) is 0 Å². The maximum Gasteiger partial charge on any atom is 0.233 e. The fourth-order valence-electron chi connectivity index (χ4n) is 1.80. The highest BCUT2D eigenvalue weighted by Crippen LogP contribution is 2.27. The number of furan rings is 1. The maximum absolute atomic E-state index is 11.6. The van der Waals surface area contributed by atoms with Crippen LogP contribution in [-0.4, -0.2) is 38.9 Å². The number of nitrogens with two attached hydrogens (primary N) is 1. The maximum atomic E-state index is 11.6. The van der Waals surface area contributed by atoms with Crippen LogP contribution >= 0.6 is 11.8 Å². The third kappa shape index (κ3) is 3.67. The lowest BCUT2D eigenvalue weighted by molar-refractivity contribution is -0.120. The fraction of sp³-hybridized carbons (Fsp3) is 0.385. The molecule has 1 unspecified atom stereocenters. The summed E-state index contributed by atoms with van der Waals surface area (Å²) in [5.41, 5.74) is 5.21. The van der Waals surface area contributed by atoms with Gasteiger partial charge in [0.15, 0.2) is 16.7 Å². The van der Waals surface area contributed by atoms with Gasteiger partial charge in [-0.15, -0.1) is 10.2 Å². The zero-order valence-electron chi connectivity index (χ0n) is 12.3. The Kier molecular flexibility index (Phi) is 5.21. The van der Waals surface area contributed by atoms with Crippen molar-refractivity contribution >= 4 is 23.6 Å². The van der Waals surface area contributed by atoms with E-state index in [2.05, 4.69) is 15.5 Å². The summed E-state index contributed by atoms with van der Waals surface area (Å²) in [7, 11) is 1.57. The molecule has 8 nitrogen and oxygen atoms in total. The van der Waals surface area contributed by atoms with E-state index in [9.17, 15) is 9.59 Å². The first kappa shape index (κ1) is 16.1. The summed E-state index contributed by atoms with van der Waals surface area (Å²) in [5.74, 6) is 0.498. The average Bonchev–Trinajstić information content (AvgIpc) is 3.13. The summed E-state index contributed by atoms with van der Waals surface area (Å²) in [5, 5.41) is 10.9. The highest BCUT2D eigenvalue weighted by molar-refractivity contribution is 8.00. The van der Waals surface area contributed by atoms with E-state index in [0.717, 1.165) is 0 Å². The Labute approximate surface area is 131 Å². The van der Waals surface area contributed by atoms with E-state index in [1.54, 1.807) is 30.7 Å². The number of nitrogens with zero attached hydrogens (tertiary/aromatic N) is 3. The third-order valence-electron chi connectivity index (χ3n) is 2.94. The lowest BCUT2D eigenvalue weighted by atomic mass is 10.3. The van der Waals surface area contributed by atoms with Crippen molar-refractivity contribution < 1.29 is 14.0 Å². The van der Waals surface area contributed by atoms with E-state index in [1.165, 1.54) is 18.0 Å². The van der Waals surface area contributed by atoms with Crippen molar-refractivity contribution in [2.45, 2.75) is 30.3 Å². The molecule has 2 rings (SSSR count). The van der Waals surface area contributed by atoms with Gasteiger partial charge in [-0.2, -0.15) is 0 Å². The molecule has 2 aromatic rings. The number of nitrogens with one attached hydrogen (secondary N) is 1. The van der Waals surface area contributed by atoms with E-state index < -0.39 is 5.91 Å². The molecule has 2 amide bonds. The lowest BCUT2D eigenvalue weighted by Gasteiger charge is -2.11. The van der Waals surface area contributed by atoms with Crippen LogP contribution in [0.5, 0.6) is 0 Å². The van der Waals surface area contributed by atoms with Crippen LogP contribution < -0.4 is 11.1 Å². The van der Waals surface area contributed by atoms with Gasteiger partial charge in [-0.3, -0.25) is 14.2 Å². The SMILES string of the molecule is CNC(=O)C(C)Sc1nnc(-c2ccco2)n1CCC(N)=O. The van der Waals surface area contributed by atoms with Gasteiger partial charge >= 0.3 is 0 Å². The predicted molar refractivity (Wildman–Crippen MR) is 80.9 cm³/mol. The first-order valence-corrected chi connectivity index (χ1v) is 7.54. The molecular formula is C13H17N5O3S. The first-order chi connectivity index (χ1) is 10.5. The van der Waals surface area contributed by atoms with Gasteiger partial charge in [-0.1, -0.05) is 11.8 Å². The van der Waals surface area contributed by atoms with Crippen molar-refractivity contribution in [1.29, 1.82) is 0 Å². The van der Waals surface area contributed by atoms with Crippen molar-refractivity contribution in [3.63, 3.8) is 0 Å². The number of primary amides is 1. The quantitative estimate of drug-likeness (QED) is 0.722. The van der Waals surface area contributed by atoms with Gasteiger partial charge in [0.2, 0.25) is 11.8 Å². The summed E-state index contributed by atoms with van der Waals surface area (Å²) in [6.07, 6.45) is 1.68. The zero-order valence-corrected chi connectivity index (χ0v) is 13.1. The Morgan fingerprint density at radius 2 is 2.27 bits per heavy atom. The minimum atomic E-state index is -0.422. The second-order valence-electron chi connectivity index (χ2n) is 4.53. The molecule has 2 heterocycles. The van der Waals surface area contributed by atoms with Gasteiger partial charge in [-0.05, 0) is 19.1 Å². The van der Waals surface area contributed by atoms with Crippen LogP contribution in [0.2, 0.25) is 0 Å². The van der Waals surface area contributed by atoms with Crippen LogP contribution in [-0.2, 0) is 16.1 Å². The number of thioether (sulfide) groups is 1. The van der Waals surface area contributed by atoms with E-state index in [4.69, 9.17) is 10.2 Å². The molecule has 0 bridgehead atoms. The molecule has 0 fully saturated rings. The summed E-state index contributed by atoms with van der Waals surface area (Å²) >= 11 is 1.26. The number of carbonyl (C=O) groups excluding carboxylic acids is 2. The highest BCUT2D eigenvalue weighted by atomic mass is 32.2. The minimum absolute atomic E-state index is 0.117. The minimum Gasteiger partial charge on any atom is -0.461 e. The molecule has 9 heteroatoms. The molecule has 0 aromatic carbocycles. The van der Waals surface area contributed by atoms with Crippen molar-refractivity contribution in [3.8, 4) is 11.6 Å². The molecule has 0 aliphatic carbocycles. The number of hydrogen-bond acceptors (Lipinski definition) is 6. The van der Waals surface area contributed by atoms with Crippen LogP contribution in [0.3, 0.4) is 0 Å². The number of carbonyl (C=O) groups is 2. The summed E-state index contributed by atoms with van der Waals surface area (Å²) in [4.78, 5) is 22.7.